The summed E-state index contributed by atoms with van der Waals surface area (Å²) in [4.78, 5) is 14.5. The van der Waals surface area contributed by atoms with Crippen molar-refractivity contribution < 1.29 is 9.18 Å². The number of piperidine rings is 1. The second-order valence-corrected chi connectivity index (χ2v) is 5.98. The van der Waals surface area contributed by atoms with E-state index in [4.69, 9.17) is 0 Å². The zero-order chi connectivity index (χ0) is 14.2. The van der Waals surface area contributed by atoms with Crippen LogP contribution in [0.15, 0.2) is 18.2 Å². The van der Waals surface area contributed by atoms with E-state index in [-0.39, 0.29) is 17.8 Å². The Morgan fingerprint density at radius 1 is 1.32 bits per heavy atom. The molecule has 104 valence electrons. The van der Waals surface area contributed by atoms with E-state index in [9.17, 15) is 9.18 Å². The molecule has 19 heavy (non-hydrogen) atoms. The highest BCUT2D eigenvalue weighted by atomic mass is 19.1. The van der Waals surface area contributed by atoms with Crippen LogP contribution in [0.5, 0.6) is 0 Å². The molecule has 3 heteroatoms. The first-order valence-electron chi connectivity index (χ1n) is 6.97. The van der Waals surface area contributed by atoms with Crippen LogP contribution in [0.1, 0.15) is 43.1 Å². The van der Waals surface area contributed by atoms with E-state index in [2.05, 4.69) is 20.8 Å². The third-order valence-corrected chi connectivity index (χ3v) is 4.26. The molecular weight excluding hydrogens is 241 g/mol. The van der Waals surface area contributed by atoms with Crippen LogP contribution in [0.25, 0.3) is 0 Å². The summed E-state index contributed by atoms with van der Waals surface area (Å²) in [6, 6.07) is 4.86. The summed E-state index contributed by atoms with van der Waals surface area (Å²) in [7, 11) is 0. The second-order valence-electron chi connectivity index (χ2n) is 5.98. The van der Waals surface area contributed by atoms with Gasteiger partial charge in [-0.2, -0.15) is 0 Å². The van der Waals surface area contributed by atoms with Crippen LogP contribution in [0, 0.1) is 24.6 Å². The van der Waals surface area contributed by atoms with Crippen LogP contribution < -0.4 is 0 Å². The van der Waals surface area contributed by atoms with Gasteiger partial charge in [0, 0.05) is 18.2 Å². The molecule has 1 aliphatic rings. The van der Waals surface area contributed by atoms with Crippen molar-refractivity contribution in [1.29, 1.82) is 0 Å². The fourth-order valence-electron chi connectivity index (χ4n) is 2.93. The molecule has 0 aromatic heterocycles. The summed E-state index contributed by atoms with van der Waals surface area (Å²) in [5.41, 5.74) is 1.11. The second kappa shape index (κ2) is 5.32. The highest BCUT2D eigenvalue weighted by Gasteiger charge is 2.32. The van der Waals surface area contributed by atoms with Gasteiger partial charge in [0.25, 0.3) is 5.91 Å². The van der Waals surface area contributed by atoms with Gasteiger partial charge in [-0.3, -0.25) is 4.79 Å². The first kappa shape index (κ1) is 14.0. The topological polar surface area (TPSA) is 20.3 Å². The van der Waals surface area contributed by atoms with Gasteiger partial charge in [0.2, 0.25) is 0 Å². The summed E-state index contributed by atoms with van der Waals surface area (Å²) in [6.07, 6.45) is 1.16. The molecule has 0 aliphatic carbocycles. The number of aryl methyl sites for hydroxylation is 1. The minimum atomic E-state index is -0.259. The Kier molecular flexibility index (Phi) is 3.93. The van der Waals surface area contributed by atoms with Crippen molar-refractivity contribution in [2.45, 2.75) is 40.2 Å². The molecule has 1 heterocycles. The van der Waals surface area contributed by atoms with E-state index in [1.54, 1.807) is 19.1 Å². The normalized spacial score (nSPS) is 27.4. The van der Waals surface area contributed by atoms with Crippen molar-refractivity contribution in [3.8, 4) is 0 Å². The lowest BCUT2D eigenvalue weighted by molar-refractivity contribution is 0.0455. The molecule has 3 unspecified atom stereocenters. The Morgan fingerprint density at radius 3 is 2.63 bits per heavy atom. The number of hydrogen-bond donors (Lipinski definition) is 0. The van der Waals surface area contributed by atoms with Crippen molar-refractivity contribution in [3.63, 3.8) is 0 Å². The predicted octanol–water partition coefficient (Wildman–Crippen LogP) is 3.64. The van der Waals surface area contributed by atoms with Crippen molar-refractivity contribution in [3.05, 3.63) is 35.1 Å². The number of amides is 1. The quantitative estimate of drug-likeness (QED) is 0.757. The van der Waals surface area contributed by atoms with Crippen molar-refractivity contribution in [2.24, 2.45) is 11.8 Å². The largest absolute Gasteiger partial charge is 0.335 e. The highest BCUT2D eigenvalue weighted by molar-refractivity contribution is 5.94. The molecule has 1 aromatic rings. The lowest BCUT2D eigenvalue weighted by Gasteiger charge is -2.41. The van der Waals surface area contributed by atoms with Gasteiger partial charge in [-0.05, 0) is 55.9 Å². The zero-order valence-corrected chi connectivity index (χ0v) is 12.1. The summed E-state index contributed by atoms with van der Waals surface area (Å²) in [5, 5.41) is 0. The number of nitrogens with zero attached hydrogens (tertiary/aromatic N) is 1. The van der Waals surface area contributed by atoms with E-state index in [1.165, 1.54) is 6.07 Å². The van der Waals surface area contributed by atoms with Crippen LogP contribution in [0.2, 0.25) is 0 Å². The van der Waals surface area contributed by atoms with Gasteiger partial charge < -0.3 is 4.90 Å². The molecule has 1 aromatic carbocycles. The Balaban J connectivity index is 2.24. The standard InChI is InChI=1S/C16H22FNO/c1-10-7-11(2)13(4)18(9-10)16(19)14-5-6-15(17)12(3)8-14/h5-6,8,10-11,13H,7,9H2,1-4H3. The van der Waals surface area contributed by atoms with Crippen molar-refractivity contribution in [1.82, 2.24) is 4.90 Å². The molecule has 0 bridgehead atoms. The van der Waals surface area contributed by atoms with Crippen LogP contribution in [-0.4, -0.2) is 23.4 Å². The molecule has 1 amide bonds. The third-order valence-electron chi connectivity index (χ3n) is 4.26. The van der Waals surface area contributed by atoms with Crippen LogP contribution >= 0.6 is 0 Å². The zero-order valence-electron chi connectivity index (χ0n) is 12.1. The maximum Gasteiger partial charge on any atom is 0.254 e. The minimum absolute atomic E-state index is 0.0222. The molecule has 1 fully saturated rings. The van der Waals surface area contributed by atoms with Crippen molar-refractivity contribution >= 4 is 5.91 Å². The Hall–Kier alpha value is -1.38. The van der Waals surface area contributed by atoms with Crippen molar-refractivity contribution in [2.75, 3.05) is 6.54 Å². The molecule has 0 N–H and O–H groups in total. The molecule has 1 saturated heterocycles. The van der Waals surface area contributed by atoms with E-state index in [1.807, 2.05) is 4.90 Å². The number of carbonyl (C=O) groups is 1. The highest BCUT2D eigenvalue weighted by Crippen LogP contribution is 2.28. The first-order valence-corrected chi connectivity index (χ1v) is 6.97. The number of likely N-dealkylation sites (tertiary alicyclic amines) is 1. The smallest absolute Gasteiger partial charge is 0.254 e. The lowest BCUT2D eigenvalue weighted by Crippen LogP contribution is -2.48. The van der Waals surface area contributed by atoms with E-state index >= 15 is 0 Å². The van der Waals surface area contributed by atoms with Crippen LogP contribution in [-0.2, 0) is 0 Å². The SMILES string of the molecule is Cc1cc(C(=O)N2CC(C)CC(C)C2C)ccc1F. The van der Waals surface area contributed by atoms with Gasteiger partial charge in [0.15, 0.2) is 0 Å². The van der Waals surface area contributed by atoms with E-state index in [0.717, 1.165) is 13.0 Å². The Bertz CT molecular complexity index is 486. The summed E-state index contributed by atoms with van der Waals surface area (Å²) in [6.45, 7) is 8.96. The van der Waals surface area contributed by atoms with Gasteiger partial charge in [0.05, 0.1) is 0 Å². The first-order chi connectivity index (χ1) is 8.90. The Morgan fingerprint density at radius 2 is 2.00 bits per heavy atom. The predicted molar refractivity (Wildman–Crippen MR) is 74.6 cm³/mol. The maximum atomic E-state index is 13.3. The van der Waals surface area contributed by atoms with Crippen LogP contribution in [0.3, 0.4) is 0 Å². The number of hydrogen-bond acceptors (Lipinski definition) is 1. The van der Waals surface area contributed by atoms with Gasteiger partial charge in [-0.1, -0.05) is 13.8 Å². The molecular formula is C16H22FNO. The molecule has 0 radical (unpaired) electrons. The van der Waals surface area contributed by atoms with Gasteiger partial charge in [-0.25, -0.2) is 4.39 Å². The summed E-state index contributed by atoms with van der Waals surface area (Å²) < 4.78 is 13.3. The fraction of sp³-hybridized carbons (Fsp3) is 0.562. The van der Waals surface area contributed by atoms with Crippen LogP contribution in [0.4, 0.5) is 4.39 Å². The monoisotopic (exact) mass is 263 g/mol. The summed E-state index contributed by atoms with van der Waals surface area (Å²) in [5.74, 6) is 0.796. The summed E-state index contributed by atoms with van der Waals surface area (Å²) >= 11 is 0. The number of halogens is 1. The van der Waals surface area contributed by atoms with Gasteiger partial charge in [0.1, 0.15) is 5.82 Å². The van der Waals surface area contributed by atoms with E-state index in [0.29, 0.717) is 23.0 Å². The number of carbonyl (C=O) groups excluding carboxylic acids is 1. The van der Waals surface area contributed by atoms with Gasteiger partial charge in [-0.15, -0.1) is 0 Å². The Labute approximate surface area is 114 Å². The molecule has 2 rings (SSSR count). The minimum Gasteiger partial charge on any atom is -0.335 e. The molecule has 0 spiro atoms. The average Bonchev–Trinajstić information content (AvgIpc) is 2.36. The van der Waals surface area contributed by atoms with Gasteiger partial charge >= 0.3 is 0 Å². The number of rotatable bonds is 1. The number of benzene rings is 1. The molecule has 0 saturated carbocycles. The third kappa shape index (κ3) is 2.80. The fourth-order valence-corrected chi connectivity index (χ4v) is 2.93. The molecule has 2 nitrogen and oxygen atoms in total. The van der Waals surface area contributed by atoms with E-state index < -0.39 is 0 Å². The lowest BCUT2D eigenvalue weighted by atomic mass is 9.85. The molecule has 3 atom stereocenters. The maximum absolute atomic E-state index is 13.3. The average molecular weight is 263 g/mol. The molecule has 1 aliphatic heterocycles.